The predicted octanol–water partition coefficient (Wildman–Crippen LogP) is 28.5. The Morgan fingerprint density at radius 2 is 0.255 bits per heavy atom. The molecule has 0 saturated carbocycles. The van der Waals surface area contributed by atoms with Crippen LogP contribution in [0.1, 0.15) is 227 Å². The second-order valence-corrected chi connectivity index (χ2v) is 31.4. The van der Waals surface area contributed by atoms with Crippen molar-refractivity contribution in [3.8, 4) is 122 Å². The highest BCUT2D eigenvalue weighted by atomic mass is 14.5. The van der Waals surface area contributed by atoms with Gasteiger partial charge in [0.2, 0.25) is 0 Å². The van der Waals surface area contributed by atoms with Crippen molar-refractivity contribution in [2.24, 2.45) is 0 Å². The summed E-state index contributed by atoms with van der Waals surface area (Å²) in [4.78, 5) is 0. The summed E-state index contributed by atoms with van der Waals surface area (Å²) in [5.41, 5.74) is 47.6. The van der Waals surface area contributed by atoms with Gasteiger partial charge in [-0.1, -0.05) is 253 Å². The second kappa shape index (κ2) is 23.6. The van der Waals surface area contributed by atoms with Crippen LogP contribution in [0.25, 0.3) is 122 Å². The Balaban J connectivity index is 0.638. The van der Waals surface area contributed by atoms with Crippen LogP contribution in [0.2, 0.25) is 0 Å². The second-order valence-electron chi connectivity index (χ2n) is 31.4. The van der Waals surface area contributed by atoms with E-state index in [2.05, 4.69) is 314 Å². The van der Waals surface area contributed by atoms with Gasteiger partial charge >= 0.3 is 0 Å². The quantitative estimate of drug-likeness (QED) is 0.0852. The van der Waals surface area contributed by atoms with Crippen LogP contribution in [0.15, 0.2) is 231 Å². The SMILES string of the molecule is CCC1(CC)c2ccccc2-c2ccc(-c3ccc4c(c3)C(CC)(CC)c3cc(-c5ccc6c(c5)C(CC)(CC)c5cc(-c7ccc8c(c7)C(CC)(CC)c7cc(-c9ccc%10c(c9)C(CC)(CC)c9cc(-c%11ccc%12c(c%11)C(CC)(CC)c%11ccccc%11-%12)ccc9-%10)ccc7-8)ccc5-6)ccc3-4)cc21. The highest BCUT2D eigenvalue weighted by Gasteiger charge is 2.48. The molecule has 0 bridgehead atoms. The lowest BCUT2D eigenvalue weighted by Gasteiger charge is -2.31. The Kier molecular flexibility index (Phi) is 15.0. The largest absolute Gasteiger partial charge is 0.0642 e. The summed E-state index contributed by atoms with van der Waals surface area (Å²) in [6.45, 7) is 28.9. The van der Waals surface area contributed by atoms with Crippen molar-refractivity contribution in [2.45, 2.75) is 193 Å². The molecule has 12 aromatic carbocycles. The highest BCUT2D eigenvalue weighted by Crippen LogP contribution is 2.62. The maximum absolute atomic E-state index is 2.60. The van der Waals surface area contributed by atoms with E-state index in [1.807, 2.05) is 0 Å². The molecule has 12 aromatic rings. The molecule has 0 atom stereocenters. The van der Waals surface area contributed by atoms with Crippen LogP contribution in [-0.4, -0.2) is 0 Å². The molecule has 0 saturated heterocycles. The Labute approximate surface area is 608 Å². The highest BCUT2D eigenvalue weighted by molar-refractivity contribution is 5.94. The van der Waals surface area contributed by atoms with Crippen LogP contribution in [0, 0.1) is 0 Å². The van der Waals surface area contributed by atoms with Crippen LogP contribution >= 0.6 is 0 Å². The van der Waals surface area contributed by atoms with Crippen molar-refractivity contribution < 1.29 is 0 Å². The third-order valence-corrected chi connectivity index (χ3v) is 28.9. The molecule has 0 nitrogen and oxygen atoms in total. The molecule has 18 rings (SSSR count). The summed E-state index contributed by atoms with van der Waals surface area (Å²) in [6, 6.07) is 92.8. The number of rotatable bonds is 17. The maximum Gasteiger partial charge on any atom is 0.0210 e. The molecule has 0 aromatic heterocycles. The van der Waals surface area contributed by atoms with Gasteiger partial charge in [-0.2, -0.15) is 0 Å². The molecular weight excluding hydrogens is 1230 g/mol. The molecule has 0 heteroatoms. The summed E-state index contributed by atoms with van der Waals surface area (Å²) >= 11 is 0. The fourth-order valence-electron chi connectivity index (χ4n) is 22.8. The van der Waals surface area contributed by atoms with Gasteiger partial charge in [0.15, 0.2) is 0 Å². The minimum absolute atomic E-state index is 0.0452. The Bertz CT molecular complexity index is 5110. The predicted molar refractivity (Wildman–Crippen MR) is 434 cm³/mol. The molecule has 0 aliphatic heterocycles. The molecular formula is C102H98. The first-order chi connectivity index (χ1) is 49.8. The van der Waals surface area contributed by atoms with Gasteiger partial charge in [0.05, 0.1) is 0 Å². The van der Waals surface area contributed by atoms with Gasteiger partial charge in [-0.05, 0) is 327 Å². The van der Waals surface area contributed by atoms with Crippen LogP contribution < -0.4 is 0 Å². The Morgan fingerprint density at radius 3 is 0.392 bits per heavy atom. The number of benzene rings is 12. The lowest BCUT2D eigenvalue weighted by molar-refractivity contribution is 0.490. The van der Waals surface area contributed by atoms with E-state index in [0.29, 0.717) is 0 Å². The summed E-state index contributed by atoms with van der Waals surface area (Å²) in [7, 11) is 0. The normalized spacial score (nSPS) is 16.4. The lowest BCUT2D eigenvalue weighted by atomic mass is 9.71. The van der Waals surface area contributed by atoms with Crippen molar-refractivity contribution in [3.05, 3.63) is 297 Å². The average Bonchev–Trinajstić information content (AvgIpc) is 1.57. The summed E-state index contributed by atoms with van der Waals surface area (Å²) in [6.07, 6.45) is 12.8. The minimum atomic E-state index is -0.102. The monoisotopic (exact) mass is 1320 g/mol. The van der Waals surface area contributed by atoms with E-state index in [-0.39, 0.29) is 32.5 Å². The van der Waals surface area contributed by atoms with Gasteiger partial charge in [0.1, 0.15) is 0 Å². The van der Waals surface area contributed by atoms with E-state index in [4.69, 9.17) is 0 Å². The van der Waals surface area contributed by atoms with Gasteiger partial charge in [-0.3, -0.25) is 0 Å². The van der Waals surface area contributed by atoms with E-state index < -0.39 is 0 Å². The van der Waals surface area contributed by atoms with Crippen LogP contribution in [0.4, 0.5) is 0 Å². The van der Waals surface area contributed by atoms with Crippen molar-refractivity contribution in [1.82, 2.24) is 0 Å². The van der Waals surface area contributed by atoms with Gasteiger partial charge in [0, 0.05) is 32.5 Å². The first kappa shape index (κ1) is 64.7. The Morgan fingerprint density at radius 1 is 0.137 bits per heavy atom. The molecule has 6 aliphatic rings. The van der Waals surface area contributed by atoms with Crippen molar-refractivity contribution >= 4 is 0 Å². The third-order valence-electron chi connectivity index (χ3n) is 28.9. The van der Waals surface area contributed by atoms with Crippen LogP contribution in [0.3, 0.4) is 0 Å². The van der Waals surface area contributed by atoms with Gasteiger partial charge in [-0.15, -0.1) is 0 Å². The number of fused-ring (bicyclic) bond motifs is 18. The van der Waals surface area contributed by atoms with E-state index in [0.717, 1.165) is 77.0 Å². The molecule has 0 radical (unpaired) electrons. The minimum Gasteiger partial charge on any atom is -0.0642 e. The van der Waals surface area contributed by atoms with Crippen LogP contribution in [0.5, 0.6) is 0 Å². The standard InChI is InChI=1S/C102H98/c1-13-97(14-2)85-31-27-25-29-73(85)75-43-33-63(53-87(75)97)65-35-45-77-79-47-37-67(57-91(79)99(17-5,18-6)89(77)55-65)69-39-49-81-83-51-41-71(61-95(83)101(21-9,22-10)93(81)59-69)72-42-52-84-82-50-40-70(60-94(82)102(23-11,24-12)96(84)62-72)68-38-48-80-78-46-36-66(56-90(78)100(19-7,20-8)92(80)58-68)64-34-44-76-74-30-26-28-32-86(74)98(15-3,16-4)88(76)54-64/h25-62H,13-24H2,1-12H3. The third kappa shape index (κ3) is 8.39. The van der Waals surface area contributed by atoms with Gasteiger partial charge in [-0.25, -0.2) is 0 Å². The fourth-order valence-corrected chi connectivity index (χ4v) is 22.8. The molecule has 0 N–H and O–H groups in total. The van der Waals surface area contributed by atoms with E-state index >= 15 is 0 Å². The number of hydrogen-bond acceptors (Lipinski definition) is 0. The molecule has 0 unspecified atom stereocenters. The maximum atomic E-state index is 2.60. The summed E-state index contributed by atoms with van der Waals surface area (Å²) in [5, 5.41) is 0. The molecule has 0 fully saturated rings. The van der Waals surface area contributed by atoms with E-state index in [1.165, 1.54) is 189 Å². The van der Waals surface area contributed by atoms with E-state index in [9.17, 15) is 0 Å². The molecule has 0 spiro atoms. The fraction of sp³-hybridized carbons (Fsp3) is 0.294. The summed E-state index contributed by atoms with van der Waals surface area (Å²) in [5.74, 6) is 0. The first-order valence-electron chi connectivity index (χ1n) is 39.5. The lowest BCUT2D eigenvalue weighted by Crippen LogP contribution is -2.24. The van der Waals surface area contributed by atoms with Gasteiger partial charge in [0.25, 0.3) is 0 Å². The molecule has 102 heavy (non-hydrogen) atoms. The van der Waals surface area contributed by atoms with E-state index in [1.54, 1.807) is 0 Å². The molecule has 0 heterocycles. The number of hydrogen-bond donors (Lipinski definition) is 0. The zero-order valence-electron chi connectivity index (χ0n) is 62.4. The zero-order valence-corrected chi connectivity index (χ0v) is 62.4. The summed E-state index contributed by atoms with van der Waals surface area (Å²) < 4.78 is 0. The Hall–Kier alpha value is -9.36. The van der Waals surface area contributed by atoms with Crippen molar-refractivity contribution in [3.63, 3.8) is 0 Å². The average molecular weight is 1320 g/mol. The van der Waals surface area contributed by atoms with Gasteiger partial charge < -0.3 is 0 Å². The molecule has 0 amide bonds. The van der Waals surface area contributed by atoms with Crippen LogP contribution in [-0.2, 0) is 32.5 Å². The molecule has 506 valence electrons. The smallest absolute Gasteiger partial charge is 0.0210 e. The van der Waals surface area contributed by atoms with Crippen molar-refractivity contribution in [1.29, 1.82) is 0 Å². The molecule has 6 aliphatic carbocycles. The first-order valence-corrected chi connectivity index (χ1v) is 39.5. The van der Waals surface area contributed by atoms with Crippen molar-refractivity contribution in [2.75, 3.05) is 0 Å². The topological polar surface area (TPSA) is 0 Å². The zero-order chi connectivity index (χ0) is 70.0.